The predicted octanol–water partition coefficient (Wildman–Crippen LogP) is 0.582. The van der Waals surface area contributed by atoms with Gasteiger partial charge in [-0.25, -0.2) is 0 Å². The van der Waals surface area contributed by atoms with Gasteiger partial charge in [0.15, 0.2) is 0 Å². The van der Waals surface area contributed by atoms with Crippen molar-refractivity contribution >= 4 is 5.91 Å². The van der Waals surface area contributed by atoms with Crippen molar-refractivity contribution in [2.24, 2.45) is 18.2 Å². The first-order valence-electron chi connectivity index (χ1n) is 5.35. The molecule has 16 heavy (non-hydrogen) atoms. The van der Waals surface area contributed by atoms with Gasteiger partial charge in [-0.2, -0.15) is 5.10 Å². The Balaban J connectivity index is 2.53. The molecule has 5 nitrogen and oxygen atoms in total. The molecular formula is C11H20N4O. The Bertz CT molecular complexity index is 370. The van der Waals surface area contributed by atoms with Crippen LogP contribution in [0.5, 0.6) is 0 Å². The van der Waals surface area contributed by atoms with E-state index in [4.69, 9.17) is 5.73 Å². The van der Waals surface area contributed by atoms with E-state index in [0.717, 1.165) is 5.56 Å². The van der Waals surface area contributed by atoms with Gasteiger partial charge in [-0.3, -0.25) is 9.48 Å². The third kappa shape index (κ3) is 3.06. The second kappa shape index (κ2) is 4.65. The normalized spacial score (nSPS) is 13.8. The topological polar surface area (TPSA) is 72.9 Å². The lowest BCUT2D eigenvalue weighted by Crippen LogP contribution is -2.41. The number of aryl methyl sites for hydroxylation is 1. The number of primary amides is 1. The molecule has 3 N–H and O–H groups in total. The maximum Gasteiger partial charge on any atom is 0.224 e. The number of hydrogen-bond acceptors (Lipinski definition) is 3. The summed E-state index contributed by atoms with van der Waals surface area (Å²) < 4.78 is 1.76. The first-order valence-corrected chi connectivity index (χ1v) is 5.35. The summed E-state index contributed by atoms with van der Waals surface area (Å²) in [4.78, 5) is 11.1. The van der Waals surface area contributed by atoms with E-state index in [2.05, 4.69) is 10.4 Å². The zero-order valence-corrected chi connectivity index (χ0v) is 10.3. The fourth-order valence-electron chi connectivity index (χ4n) is 1.28. The Labute approximate surface area is 96.0 Å². The van der Waals surface area contributed by atoms with Gasteiger partial charge in [0.25, 0.3) is 0 Å². The van der Waals surface area contributed by atoms with Gasteiger partial charge in [0, 0.05) is 31.4 Å². The highest BCUT2D eigenvalue weighted by atomic mass is 16.1. The molecule has 0 aliphatic rings. The van der Waals surface area contributed by atoms with Crippen LogP contribution in [0.25, 0.3) is 0 Å². The molecule has 0 radical (unpaired) electrons. The number of nitrogens with one attached hydrogen (secondary N) is 1. The molecule has 0 saturated heterocycles. The van der Waals surface area contributed by atoms with Crippen LogP contribution >= 0.6 is 0 Å². The lowest BCUT2D eigenvalue weighted by molar-refractivity contribution is -0.125. The molecule has 1 rings (SSSR count). The van der Waals surface area contributed by atoms with Crippen molar-refractivity contribution in [1.82, 2.24) is 15.1 Å². The molecule has 1 amide bonds. The van der Waals surface area contributed by atoms with Gasteiger partial charge in [0.1, 0.15) is 0 Å². The smallest absolute Gasteiger partial charge is 0.224 e. The van der Waals surface area contributed by atoms with Crippen LogP contribution in [0, 0.1) is 5.41 Å². The predicted molar refractivity (Wildman–Crippen MR) is 62.6 cm³/mol. The third-order valence-electron chi connectivity index (χ3n) is 2.74. The minimum absolute atomic E-state index is 0.160. The zero-order valence-electron chi connectivity index (χ0n) is 10.3. The highest BCUT2D eigenvalue weighted by Gasteiger charge is 2.25. The molecule has 0 aliphatic heterocycles. The molecule has 0 saturated carbocycles. The molecular weight excluding hydrogens is 204 g/mol. The second-order valence-corrected chi connectivity index (χ2v) is 4.80. The summed E-state index contributed by atoms with van der Waals surface area (Å²) in [5.74, 6) is -0.293. The molecule has 0 spiro atoms. The van der Waals surface area contributed by atoms with Crippen molar-refractivity contribution in [2.75, 3.05) is 6.54 Å². The molecule has 0 aliphatic carbocycles. The van der Waals surface area contributed by atoms with Gasteiger partial charge in [-0.1, -0.05) is 0 Å². The maximum atomic E-state index is 11.1. The van der Waals surface area contributed by atoms with E-state index in [1.165, 1.54) is 0 Å². The quantitative estimate of drug-likeness (QED) is 0.768. The fourth-order valence-corrected chi connectivity index (χ4v) is 1.28. The largest absolute Gasteiger partial charge is 0.369 e. The number of hydrogen-bond donors (Lipinski definition) is 2. The number of nitrogens with zero attached hydrogens (tertiary/aromatic N) is 2. The van der Waals surface area contributed by atoms with E-state index >= 15 is 0 Å². The Morgan fingerprint density at radius 1 is 1.69 bits per heavy atom. The van der Waals surface area contributed by atoms with E-state index in [1.807, 2.05) is 40.2 Å². The number of carbonyl (C=O) groups excluding carboxylic acids is 1. The Kier molecular flexibility index (Phi) is 3.70. The molecule has 0 fully saturated rings. The minimum Gasteiger partial charge on any atom is -0.369 e. The van der Waals surface area contributed by atoms with E-state index in [1.54, 1.807) is 4.68 Å². The Morgan fingerprint density at radius 2 is 2.31 bits per heavy atom. The average Bonchev–Trinajstić information content (AvgIpc) is 2.61. The first kappa shape index (κ1) is 12.7. The molecule has 1 atom stereocenters. The lowest BCUT2D eigenvalue weighted by Gasteiger charge is -2.23. The van der Waals surface area contributed by atoms with Crippen LogP contribution in [0.1, 0.15) is 32.4 Å². The fraction of sp³-hybridized carbons (Fsp3) is 0.636. The maximum absolute atomic E-state index is 11.1. The number of aromatic nitrogens is 2. The third-order valence-corrected chi connectivity index (χ3v) is 2.74. The van der Waals surface area contributed by atoms with Crippen LogP contribution in [-0.2, 0) is 11.8 Å². The van der Waals surface area contributed by atoms with Crippen molar-refractivity contribution in [2.45, 2.75) is 26.8 Å². The van der Waals surface area contributed by atoms with Crippen LogP contribution in [0.15, 0.2) is 12.4 Å². The summed E-state index contributed by atoms with van der Waals surface area (Å²) in [7, 11) is 1.88. The van der Waals surface area contributed by atoms with Crippen molar-refractivity contribution in [3.05, 3.63) is 18.0 Å². The molecule has 90 valence electrons. The van der Waals surface area contributed by atoms with E-state index in [-0.39, 0.29) is 11.9 Å². The van der Waals surface area contributed by atoms with Crippen LogP contribution in [0.2, 0.25) is 0 Å². The Hall–Kier alpha value is -1.36. The molecule has 1 unspecified atom stereocenters. The molecule has 0 aromatic carbocycles. The summed E-state index contributed by atoms with van der Waals surface area (Å²) >= 11 is 0. The minimum atomic E-state index is -0.531. The number of nitrogens with two attached hydrogens (primary N) is 1. The van der Waals surface area contributed by atoms with Crippen molar-refractivity contribution in [3.63, 3.8) is 0 Å². The van der Waals surface area contributed by atoms with Crippen LogP contribution < -0.4 is 11.1 Å². The molecule has 1 heterocycles. The second-order valence-electron chi connectivity index (χ2n) is 4.80. The molecule has 0 bridgehead atoms. The van der Waals surface area contributed by atoms with E-state index in [9.17, 15) is 4.79 Å². The average molecular weight is 224 g/mol. The summed E-state index contributed by atoms with van der Waals surface area (Å²) in [6.07, 6.45) is 3.77. The standard InChI is InChI=1S/C11H20N4O/c1-8(9-5-14-15(4)6-9)13-7-11(2,3)10(12)16/h5-6,8,13H,7H2,1-4H3,(H2,12,16). The number of rotatable bonds is 5. The van der Waals surface area contributed by atoms with E-state index < -0.39 is 5.41 Å². The van der Waals surface area contributed by atoms with Crippen LogP contribution in [-0.4, -0.2) is 22.2 Å². The van der Waals surface area contributed by atoms with E-state index in [0.29, 0.717) is 6.54 Å². The van der Waals surface area contributed by atoms with Crippen molar-refractivity contribution in [3.8, 4) is 0 Å². The monoisotopic (exact) mass is 224 g/mol. The molecule has 5 heteroatoms. The van der Waals surface area contributed by atoms with Crippen molar-refractivity contribution < 1.29 is 4.79 Å². The summed E-state index contributed by atoms with van der Waals surface area (Å²) in [6, 6.07) is 0.160. The SMILES string of the molecule is CC(NCC(C)(C)C(N)=O)c1cnn(C)c1. The highest BCUT2D eigenvalue weighted by molar-refractivity contribution is 5.80. The highest BCUT2D eigenvalue weighted by Crippen LogP contribution is 2.16. The Morgan fingerprint density at radius 3 is 2.75 bits per heavy atom. The number of amides is 1. The van der Waals surface area contributed by atoms with Gasteiger partial charge in [-0.15, -0.1) is 0 Å². The van der Waals surface area contributed by atoms with Gasteiger partial charge >= 0.3 is 0 Å². The van der Waals surface area contributed by atoms with Gasteiger partial charge in [0.05, 0.1) is 11.6 Å². The van der Waals surface area contributed by atoms with Gasteiger partial charge in [-0.05, 0) is 20.8 Å². The first-order chi connectivity index (χ1) is 7.33. The summed E-state index contributed by atoms with van der Waals surface area (Å²) in [6.45, 7) is 6.25. The number of carbonyl (C=O) groups is 1. The van der Waals surface area contributed by atoms with Crippen molar-refractivity contribution in [1.29, 1.82) is 0 Å². The van der Waals surface area contributed by atoms with Crippen LogP contribution in [0.4, 0.5) is 0 Å². The van der Waals surface area contributed by atoms with Gasteiger partial charge in [0.2, 0.25) is 5.91 Å². The molecule has 1 aromatic rings. The molecule has 1 aromatic heterocycles. The van der Waals surface area contributed by atoms with Gasteiger partial charge < -0.3 is 11.1 Å². The summed E-state index contributed by atoms with van der Waals surface area (Å²) in [5, 5.41) is 7.38. The van der Waals surface area contributed by atoms with Crippen LogP contribution in [0.3, 0.4) is 0 Å². The summed E-state index contributed by atoms with van der Waals surface area (Å²) in [5.41, 5.74) is 5.87. The lowest BCUT2D eigenvalue weighted by atomic mass is 9.92. The zero-order chi connectivity index (χ0) is 12.3.